The highest BCUT2D eigenvalue weighted by atomic mass is 32.1. The number of aryl methyl sites for hydroxylation is 2. The van der Waals surface area contributed by atoms with Crippen molar-refractivity contribution < 1.29 is 0 Å². The Morgan fingerprint density at radius 3 is 1.84 bits per heavy atom. The molecule has 1 rings (SSSR count). The summed E-state index contributed by atoms with van der Waals surface area (Å²) in [5.74, 6) is 0.953. The van der Waals surface area contributed by atoms with Gasteiger partial charge in [-0.25, -0.2) is 0 Å². The van der Waals surface area contributed by atoms with E-state index < -0.39 is 0 Å². The molecule has 0 saturated carbocycles. The number of hydrogen-bond acceptors (Lipinski definition) is 1. The first-order valence-electron chi connectivity index (χ1n) is 8.06. The molecular weight excluding hydrogens is 248 g/mol. The number of unbranched alkanes of at least 4 members (excludes halogenated alkanes) is 7. The Bertz CT molecular complexity index is 319. The van der Waals surface area contributed by atoms with Crippen LogP contribution in [0.1, 0.15) is 69.4 Å². The van der Waals surface area contributed by atoms with Crippen LogP contribution in [0.2, 0.25) is 0 Å². The molecule has 1 heteroatoms. The summed E-state index contributed by atoms with van der Waals surface area (Å²) in [6.45, 7) is 2.28. The minimum Gasteiger partial charge on any atom is -0.179 e. The fourth-order valence-corrected chi connectivity index (χ4v) is 2.86. The second kappa shape index (κ2) is 11.4. The van der Waals surface area contributed by atoms with Crippen LogP contribution in [0.4, 0.5) is 0 Å². The van der Waals surface area contributed by atoms with E-state index in [0.29, 0.717) is 0 Å². The van der Waals surface area contributed by atoms with Gasteiger partial charge in [-0.1, -0.05) is 76.1 Å². The van der Waals surface area contributed by atoms with Crippen molar-refractivity contribution >= 4 is 12.6 Å². The van der Waals surface area contributed by atoms with Crippen molar-refractivity contribution in [2.45, 2.75) is 71.1 Å². The zero-order chi connectivity index (χ0) is 13.8. The Morgan fingerprint density at radius 2 is 1.26 bits per heavy atom. The standard InChI is InChI=1S/C18H30S/c1-2-3-4-5-6-7-8-9-12-17-13-10-11-14-18(17)15-16-19/h10-11,13-14,19H,2-9,12,15-16H2,1H3. The van der Waals surface area contributed by atoms with Gasteiger partial charge in [0.05, 0.1) is 0 Å². The summed E-state index contributed by atoms with van der Waals surface area (Å²) in [5.41, 5.74) is 3.04. The number of benzene rings is 1. The Hall–Kier alpha value is -0.430. The largest absolute Gasteiger partial charge is 0.179 e. The highest BCUT2D eigenvalue weighted by molar-refractivity contribution is 7.80. The molecule has 1 aromatic rings. The third-order valence-corrected chi connectivity index (χ3v) is 4.02. The highest BCUT2D eigenvalue weighted by Gasteiger charge is 2.00. The molecule has 0 aliphatic heterocycles. The first-order valence-corrected chi connectivity index (χ1v) is 8.69. The van der Waals surface area contributed by atoms with Gasteiger partial charge in [-0.05, 0) is 36.1 Å². The average molecular weight is 279 g/mol. The summed E-state index contributed by atoms with van der Waals surface area (Å²) in [7, 11) is 0. The molecule has 0 fully saturated rings. The third-order valence-electron chi connectivity index (χ3n) is 3.80. The van der Waals surface area contributed by atoms with Gasteiger partial charge in [-0.3, -0.25) is 0 Å². The molecule has 0 spiro atoms. The van der Waals surface area contributed by atoms with E-state index in [-0.39, 0.29) is 0 Å². The van der Waals surface area contributed by atoms with E-state index in [2.05, 4.69) is 43.8 Å². The van der Waals surface area contributed by atoms with Crippen LogP contribution in [0.15, 0.2) is 24.3 Å². The van der Waals surface area contributed by atoms with Crippen LogP contribution < -0.4 is 0 Å². The summed E-state index contributed by atoms with van der Waals surface area (Å²) in [6.07, 6.45) is 13.6. The number of hydrogen-bond donors (Lipinski definition) is 1. The lowest BCUT2D eigenvalue weighted by atomic mass is 9.99. The lowest BCUT2D eigenvalue weighted by molar-refractivity contribution is 0.575. The summed E-state index contributed by atoms with van der Waals surface area (Å²) < 4.78 is 0. The Labute approximate surface area is 125 Å². The summed E-state index contributed by atoms with van der Waals surface area (Å²) in [5, 5.41) is 0. The van der Waals surface area contributed by atoms with Crippen LogP contribution in [0.3, 0.4) is 0 Å². The molecule has 0 nitrogen and oxygen atoms in total. The molecule has 19 heavy (non-hydrogen) atoms. The fourth-order valence-electron chi connectivity index (χ4n) is 2.62. The topological polar surface area (TPSA) is 0 Å². The highest BCUT2D eigenvalue weighted by Crippen LogP contribution is 2.15. The molecule has 0 N–H and O–H groups in total. The Kier molecular flexibility index (Phi) is 9.98. The third kappa shape index (κ3) is 7.67. The molecule has 0 atom stereocenters. The lowest BCUT2D eigenvalue weighted by Crippen LogP contribution is -1.95. The van der Waals surface area contributed by atoms with Gasteiger partial charge in [0.25, 0.3) is 0 Å². The summed E-state index contributed by atoms with van der Waals surface area (Å²) in [4.78, 5) is 0. The first-order chi connectivity index (χ1) is 9.38. The predicted molar refractivity (Wildman–Crippen MR) is 90.3 cm³/mol. The van der Waals surface area contributed by atoms with Crippen molar-refractivity contribution in [2.24, 2.45) is 0 Å². The van der Waals surface area contributed by atoms with Crippen LogP contribution in [0, 0.1) is 0 Å². The van der Waals surface area contributed by atoms with Crippen LogP contribution in [-0.4, -0.2) is 5.75 Å². The van der Waals surface area contributed by atoms with Crippen molar-refractivity contribution in [1.82, 2.24) is 0 Å². The predicted octanol–water partition coefficient (Wildman–Crippen LogP) is 5.84. The van der Waals surface area contributed by atoms with Gasteiger partial charge < -0.3 is 0 Å². The monoisotopic (exact) mass is 278 g/mol. The normalized spacial score (nSPS) is 10.8. The number of thiol groups is 1. The van der Waals surface area contributed by atoms with Crippen molar-refractivity contribution in [3.05, 3.63) is 35.4 Å². The van der Waals surface area contributed by atoms with Crippen LogP contribution >= 0.6 is 12.6 Å². The van der Waals surface area contributed by atoms with Gasteiger partial charge in [0.2, 0.25) is 0 Å². The van der Waals surface area contributed by atoms with E-state index in [1.54, 1.807) is 5.56 Å². The molecule has 0 aliphatic rings. The Balaban J connectivity index is 2.12. The zero-order valence-electron chi connectivity index (χ0n) is 12.5. The van der Waals surface area contributed by atoms with Gasteiger partial charge >= 0.3 is 0 Å². The molecule has 0 radical (unpaired) electrons. The smallest absolute Gasteiger partial charge is 0.00573 e. The average Bonchev–Trinajstić information content (AvgIpc) is 2.44. The van der Waals surface area contributed by atoms with Crippen molar-refractivity contribution in [2.75, 3.05) is 5.75 Å². The molecular formula is C18H30S. The molecule has 0 unspecified atom stereocenters. The molecule has 0 saturated heterocycles. The van der Waals surface area contributed by atoms with E-state index >= 15 is 0 Å². The Morgan fingerprint density at radius 1 is 0.737 bits per heavy atom. The maximum absolute atomic E-state index is 4.34. The fraction of sp³-hybridized carbons (Fsp3) is 0.667. The second-order valence-electron chi connectivity index (χ2n) is 5.47. The maximum atomic E-state index is 4.34. The second-order valence-corrected chi connectivity index (χ2v) is 5.91. The van der Waals surface area contributed by atoms with Gasteiger partial charge in [0.15, 0.2) is 0 Å². The summed E-state index contributed by atoms with van der Waals surface area (Å²) >= 11 is 4.34. The molecule has 0 heterocycles. The molecule has 0 aromatic heterocycles. The van der Waals surface area contributed by atoms with E-state index in [1.165, 1.54) is 63.4 Å². The van der Waals surface area contributed by atoms with Crippen molar-refractivity contribution in [3.8, 4) is 0 Å². The maximum Gasteiger partial charge on any atom is -0.00573 e. The van der Waals surface area contributed by atoms with Gasteiger partial charge in [0.1, 0.15) is 0 Å². The van der Waals surface area contributed by atoms with E-state index in [0.717, 1.165) is 12.2 Å². The van der Waals surface area contributed by atoms with E-state index in [1.807, 2.05) is 0 Å². The zero-order valence-corrected chi connectivity index (χ0v) is 13.4. The minimum absolute atomic E-state index is 0.953. The van der Waals surface area contributed by atoms with Crippen LogP contribution in [-0.2, 0) is 12.8 Å². The van der Waals surface area contributed by atoms with Gasteiger partial charge in [-0.15, -0.1) is 0 Å². The van der Waals surface area contributed by atoms with E-state index in [4.69, 9.17) is 0 Å². The molecule has 0 bridgehead atoms. The minimum atomic E-state index is 0.953. The molecule has 1 aromatic carbocycles. The van der Waals surface area contributed by atoms with Crippen LogP contribution in [0.25, 0.3) is 0 Å². The molecule has 108 valence electrons. The summed E-state index contributed by atoms with van der Waals surface area (Å²) in [6, 6.07) is 8.87. The van der Waals surface area contributed by atoms with E-state index in [9.17, 15) is 0 Å². The van der Waals surface area contributed by atoms with Crippen LogP contribution in [0.5, 0.6) is 0 Å². The lowest BCUT2D eigenvalue weighted by Gasteiger charge is -2.08. The quantitative estimate of drug-likeness (QED) is 0.381. The van der Waals surface area contributed by atoms with Crippen molar-refractivity contribution in [3.63, 3.8) is 0 Å². The van der Waals surface area contributed by atoms with Gasteiger partial charge in [-0.2, -0.15) is 12.6 Å². The van der Waals surface area contributed by atoms with Crippen molar-refractivity contribution in [1.29, 1.82) is 0 Å². The first kappa shape index (κ1) is 16.6. The molecule has 0 aliphatic carbocycles. The SMILES string of the molecule is CCCCCCCCCCc1ccccc1CCS. The number of rotatable bonds is 11. The van der Waals surface area contributed by atoms with Gasteiger partial charge in [0, 0.05) is 0 Å². The molecule has 0 amide bonds.